The normalized spacial score (nSPS) is 14.3. The van der Waals surface area contributed by atoms with Crippen molar-refractivity contribution >= 4 is 17.2 Å². The van der Waals surface area contributed by atoms with Gasteiger partial charge in [-0.1, -0.05) is 54.5 Å². The summed E-state index contributed by atoms with van der Waals surface area (Å²) in [4.78, 5) is 18.5. The highest BCUT2D eigenvalue weighted by atomic mass is 32.1. The lowest BCUT2D eigenvalue weighted by Crippen LogP contribution is -2.28. The summed E-state index contributed by atoms with van der Waals surface area (Å²) in [7, 11) is 0. The first-order valence-electron chi connectivity index (χ1n) is 12.2. The molecule has 3 aromatic carbocycles. The Kier molecular flexibility index (Phi) is 6.88. The fourth-order valence-electron chi connectivity index (χ4n) is 4.73. The van der Waals surface area contributed by atoms with E-state index in [9.17, 15) is 4.79 Å². The van der Waals surface area contributed by atoms with Crippen molar-refractivity contribution in [3.05, 3.63) is 95.2 Å². The number of thiazole rings is 1. The second kappa shape index (κ2) is 10.4. The van der Waals surface area contributed by atoms with Gasteiger partial charge in [0.25, 0.3) is 0 Å². The largest absolute Gasteiger partial charge is 0.490 e. The minimum absolute atomic E-state index is 0.0373. The van der Waals surface area contributed by atoms with Gasteiger partial charge in [-0.25, -0.2) is 4.98 Å². The summed E-state index contributed by atoms with van der Waals surface area (Å²) in [6, 6.07) is 22.2. The highest BCUT2D eigenvalue weighted by Crippen LogP contribution is 2.41. The Morgan fingerprint density at radius 1 is 1.17 bits per heavy atom. The van der Waals surface area contributed by atoms with E-state index < -0.39 is 0 Å². The Hall–Kier alpha value is -3.88. The van der Waals surface area contributed by atoms with E-state index in [1.807, 2.05) is 68.6 Å². The molecule has 1 unspecified atom stereocenters. The number of hydrogen-bond acceptors (Lipinski definition) is 4. The lowest BCUT2D eigenvalue weighted by Gasteiger charge is -2.15. The number of ether oxygens (including phenoxy) is 1. The van der Waals surface area contributed by atoms with Crippen LogP contribution in [0, 0.1) is 12.3 Å². The molecule has 1 amide bonds. The van der Waals surface area contributed by atoms with E-state index >= 15 is 0 Å². The van der Waals surface area contributed by atoms with Crippen molar-refractivity contribution in [2.24, 2.45) is 0 Å². The molecule has 1 heterocycles. The molecule has 1 N–H and O–H groups in total. The molecule has 1 aliphatic rings. The Bertz CT molecular complexity index is 1430. The molecule has 1 atom stereocenters. The number of carbonyl (C=O) groups is 1. The summed E-state index contributed by atoms with van der Waals surface area (Å²) in [6.07, 6.45) is 9.96. The third kappa shape index (κ3) is 5.05. The third-order valence-corrected chi connectivity index (χ3v) is 7.41. The van der Waals surface area contributed by atoms with Gasteiger partial charge in [0.2, 0.25) is 5.91 Å². The number of nitrogens with zero attached hydrogens (tertiary/aromatic N) is 1. The van der Waals surface area contributed by atoms with Crippen molar-refractivity contribution in [3.8, 4) is 39.1 Å². The Balaban J connectivity index is 1.36. The van der Waals surface area contributed by atoms with Crippen LogP contribution >= 0.6 is 11.3 Å². The summed E-state index contributed by atoms with van der Waals surface area (Å²) in [5.41, 5.74) is 6.42. The molecule has 0 radical (unpaired) electrons. The van der Waals surface area contributed by atoms with E-state index in [1.54, 1.807) is 11.3 Å². The molecule has 0 fully saturated rings. The van der Waals surface area contributed by atoms with Gasteiger partial charge >= 0.3 is 0 Å². The smallest absolute Gasteiger partial charge is 0.224 e. The number of amides is 1. The molecule has 5 rings (SSSR count). The van der Waals surface area contributed by atoms with Crippen molar-refractivity contribution in [1.82, 2.24) is 10.3 Å². The number of aromatic nitrogens is 1. The average molecular weight is 493 g/mol. The first-order chi connectivity index (χ1) is 17.5. The highest BCUT2D eigenvalue weighted by molar-refractivity contribution is 7.18. The molecular weight excluding hydrogens is 464 g/mol. The number of carbonyl (C=O) groups excluding carboxylic acids is 1. The van der Waals surface area contributed by atoms with Gasteiger partial charge in [-0.2, -0.15) is 0 Å². The van der Waals surface area contributed by atoms with E-state index in [2.05, 4.69) is 29.4 Å². The summed E-state index contributed by atoms with van der Waals surface area (Å²) in [5, 5.41) is 4.16. The van der Waals surface area contributed by atoms with Crippen LogP contribution in [0.1, 0.15) is 48.6 Å². The summed E-state index contributed by atoms with van der Waals surface area (Å²) < 4.78 is 5.83. The number of nitrogens with one attached hydrogen (secondary N) is 1. The fraction of sp³-hybridized carbons (Fsp3) is 0.226. The van der Waals surface area contributed by atoms with Crippen LogP contribution in [0.2, 0.25) is 0 Å². The van der Waals surface area contributed by atoms with Crippen LogP contribution in [0.3, 0.4) is 0 Å². The molecule has 5 heteroatoms. The maximum atomic E-state index is 12.7. The van der Waals surface area contributed by atoms with Gasteiger partial charge in [-0.15, -0.1) is 17.8 Å². The van der Waals surface area contributed by atoms with Gasteiger partial charge in [0.15, 0.2) is 0 Å². The van der Waals surface area contributed by atoms with Gasteiger partial charge in [-0.3, -0.25) is 4.79 Å². The van der Waals surface area contributed by atoms with E-state index in [1.165, 1.54) is 16.7 Å². The van der Waals surface area contributed by atoms with Gasteiger partial charge < -0.3 is 10.1 Å². The van der Waals surface area contributed by atoms with E-state index in [0.717, 1.165) is 39.4 Å². The fourth-order valence-corrected chi connectivity index (χ4v) is 5.69. The van der Waals surface area contributed by atoms with E-state index in [4.69, 9.17) is 16.1 Å². The zero-order chi connectivity index (χ0) is 25.1. The lowest BCUT2D eigenvalue weighted by molar-refractivity contribution is -0.121. The van der Waals surface area contributed by atoms with Crippen LogP contribution < -0.4 is 10.1 Å². The maximum absolute atomic E-state index is 12.7. The van der Waals surface area contributed by atoms with Crippen LogP contribution in [0.5, 0.6) is 5.75 Å². The molecule has 0 saturated heterocycles. The average Bonchev–Trinajstić information content (AvgIpc) is 3.52. The number of rotatable bonds is 7. The molecule has 0 spiro atoms. The monoisotopic (exact) mass is 492 g/mol. The molecule has 4 nitrogen and oxygen atoms in total. The van der Waals surface area contributed by atoms with Crippen LogP contribution in [0.4, 0.5) is 0 Å². The Morgan fingerprint density at radius 2 is 2.00 bits per heavy atom. The molecule has 0 bridgehead atoms. The quantitative estimate of drug-likeness (QED) is 0.296. The molecule has 1 aliphatic carbocycles. The summed E-state index contributed by atoms with van der Waals surface area (Å²) in [5.74, 6) is 3.51. The number of terminal acetylenes is 1. The van der Waals surface area contributed by atoms with E-state index in [0.29, 0.717) is 12.2 Å². The summed E-state index contributed by atoms with van der Waals surface area (Å²) in [6.45, 7) is 3.97. The molecular formula is C31H28N2O2S. The van der Waals surface area contributed by atoms with Gasteiger partial charge in [0, 0.05) is 11.8 Å². The third-order valence-electron chi connectivity index (χ3n) is 6.33. The first-order valence-corrected chi connectivity index (χ1v) is 13.0. The highest BCUT2D eigenvalue weighted by Gasteiger charge is 2.27. The molecule has 4 aromatic rings. The van der Waals surface area contributed by atoms with Gasteiger partial charge in [0.1, 0.15) is 10.8 Å². The van der Waals surface area contributed by atoms with Crippen LogP contribution in [0.25, 0.3) is 21.0 Å². The Morgan fingerprint density at radius 3 is 2.78 bits per heavy atom. The number of fused-ring (bicyclic) bond motifs is 1. The Labute approximate surface area is 216 Å². The lowest BCUT2D eigenvalue weighted by atomic mass is 10.0. The predicted octanol–water partition coefficient (Wildman–Crippen LogP) is 6.59. The first kappa shape index (κ1) is 23.8. The molecule has 1 aromatic heterocycles. The van der Waals surface area contributed by atoms with Crippen molar-refractivity contribution in [3.63, 3.8) is 0 Å². The molecule has 36 heavy (non-hydrogen) atoms. The molecule has 0 saturated carbocycles. The van der Waals surface area contributed by atoms with Gasteiger partial charge in [0.05, 0.1) is 29.0 Å². The second-order valence-corrected chi connectivity index (χ2v) is 10.3. The zero-order valence-corrected chi connectivity index (χ0v) is 21.3. The standard InChI is InChI=1S/C31H28N2O2S/c1-4-22-18-23(13-16-28(22)35-20(2)3)31-32-19-29(36-31)26-12-8-11-25-24(26)14-15-27(25)33-30(34)17-21-9-6-5-7-10-21/h1,5-13,16,18-20,27H,14-15,17H2,2-3H3,(H,33,34). The SMILES string of the molecule is C#Cc1cc(-c2ncc(-c3cccc4c3CCC4NC(=O)Cc3ccccc3)s2)ccc1OC(C)C. The van der Waals surface area contributed by atoms with Crippen LogP contribution in [-0.2, 0) is 17.6 Å². The molecule has 180 valence electrons. The van der Waals surface area contributed by atoms with Crippen LogP contribution in [-0.4, -0.2) is 17.0 Å². The second-order valence-electron chi connectivity index (χ2n) is 9.25. The number of benzene rings is 3. The number of hydrogen-bond donors (Lipinski definition) is 1. The minimum Gasteiger partial charge on any atom is -0.490 e. The van der Waals surface area contributed by atoms with Crippen molar-refractivity contribution in [2.75, 3.05) is 0 Å². The topological polar surface area (TPSA) is 51.2 Å². The zero-order valence-electron chi connectivity index (χ0n) is 20.5. The summed E-state index contributed by atoms with van der Waals surface area (Å²) >= 11 is 1.65. The van der Waals surface area contributed by atoms with Crippen LogP contribution in [0.15, 0.2) is 72.9 Å². The van der Waals surface area contributed by atoms with Crippen molar-refractivity contribution in [1.29, 1.82) is 0 Å². The minimum atomic E-state index is 0.0373. The maximum Gasteiger partial charge on any atom is 0.224 e. The van der Waals surface area contributed by atoms with E-state index in [-0.39, 0.29) is 18.1 Å². The predicted molar refractivity (Wildman–Crippen MR) is 146 cm³/mol. The van der Waals surface area contributed by atoms with Gasteiger partial charge in [-0.05, 0) is 67.1 Å². The molecule has 0 aliphatic heterocycles. The van der Waals surface area contributed by atoms with Crippen molar-refractivity contribution in [2.45, 2.75) is 45.3 Å². The van der Waals surface area contributed by atoms with Crippen molar-refractivity contribution < 1.29 is 9.53 Å².